The molecule has 1 amide bonds. The van der Waals surface area contributed by atoms with Crippen LogP contribution in [0.5, 0.6) is 0 Å². The first-order valence-electron chi connectivity index (χ1n) is 10.6. The second-order valence-electron chi connectivity index (χ2n) is 7.36. The number of aromatic nitrogens is 6. The lowest BCUT2D eigenvalue weighted by Crippen LogP contribution is -2.16. The van der Waals surface area contributed by atoms with Gasteiger partial charge in [-0.1, -0.05) is 84.0 Å². The molecular formula is C25H18ClN7OS. The van der Waals surface area contributed by atoms with Crippen LogP contribution in [-0.2, 0) is 4.79 Å². The number of rotatable bonds is 7. The van der Waals surface area contributed by atoms with Crippen molar-refractivity contribution < 1.29 is 4.79 Å². The smallest absolute Gasteiger partial charge is 0.234 e. The quantitative estimate of drug-likeness (QED) is 0.308. The van der Waals surface area contributed by atoms with E-state index in [4.69, 9.17) is 16.6 Å². The number of carbonyl (C=O) groups is 1. The second kappa shape index (κ2) is 10.5. The average molecular weight is 500 g/mol. The Morgan fingerprint density at radius 2 is 1.63 bits per heavy atom. The third kappa shape index (κ3) is 5.37. The molecule has 0 fully saturated rings. The molecule has 3 aromatic carbocycles. The molecule has 0 spiro atoms. The van der Waals surface area contributed by atoms with Crippen molar-refractivity contribution in [2.24, 2.45) is 0 Å². The van der Waals surface area contributed by atoms with Gasteiger partial charge in [-0.15, -0.1) is 10.2 Å². The molecule has 10 heteroatoms. The zero-order valence-corrected chi connectivity index (χ0v) is 19.8. The summed E-state index contributed by atoms with van der Waals surface area (Å²) in [5, 5.41) is 16.6. The number of hydrogen-bond acceptors (Lipinski definition) is 7. The molecule has 1 N–H and O–H groups in total. The van der Waals surface area contributed by atoms with E-state index < -0.39 is 0 Å². The topological polar surface area (TPSA) is 98.5 Å². The summed E-state index contributed by atoms with van der Waals surface area (Å²) in [6.45, 7) is 0. The number of thioether (sulfide) groups is 1. The van der Waals surface area contributed by atoms with Gasteiger partial charge < -0.3 is 5.32 Å². The van der Waals surface area contributed by atoms with Crippen LogP contribution in [0.4, 0.5) is 5.69 Å². The van der Waals surface area contributed by atoms with E-state index in [1.54, 1.807) is 29.2 Å². The third-order valence-electron chi connectivity index (χ3n) is 4.99. The zero-order chi connectivity index (χ0) is 24.0. The molecule has 0 aliphatic heterocycles. The number of carbonyl (C=O) groups excluding carboxylic acids is 1. The van der Waals surface area contributed by atoms with Crippen molar-refractivity contribution >= 4 is 35.0 Å². The molecule has 0 aliphatic carbocycles. The van der Waals surface area contributed by atoms with Crippen molar-refractivity contribution in [3.63, 3.8) is 0 Å². The Bertz CT molecular complexity index is 1450. The van der Waals surface area contributed by atoms with Crippen molar-refractivity contribution in [2.75, 3.05) is 11.1 Å². The molecule has 8 nitrogen and oxygen atoms in total. The number of anilines is 1. The predicted octanol–water partition coefficient (Wildman–Crippen LogP) is 5.17. The first-order chi connectivity index (χ1) is 17.2. The van der Waals surface area contributed by atoms with Crippen LogP contribution in [0.25, 0.3) is 28.2 Å². The van der Waals surface area contributed by atoms with Crippen LogP contribution in [0.1, 0.15) is 0 Å². The Morgan fingerprint density at radius 1 is 0.914 bits per heavy atom. The minimum atomic E-state index is -0.240. The Kier molecular flexibility index (Phi) is 6.78. The maximum Gasteiger partial charge on any atom is 0.234 e. The minimum Gasteiger partial charge on any atom is -0.323 e. The number of hydrogen-bond donors (Lipinski definition) is 1. The lowest BCUT2D eigenvalue weighted by atomic mass is 10.0. The normalized spacial score (nSPS) is 10.8. The number of halogens is 1. The molecule has 5 rings (SSSR count). The Balaban J connectivity index is 1.36. The fourth-order valence-electron chi connectivity index (χ4n) is 3.42. The van der Waals surface area contributed by atoms with E-state index in [2.05, 4.69) is 25.6 Å². The second-order valence-corrected chi connectivity index (χ2v) is 8.74. The number of nitrogens with zero attached hydrogens (tertiary/aromatic N) is 6. The van der Waals surface area contributed by atoms with Gasteiger partial charge in [0.1, 0.15) is 24.0 Å². The summed E-state index contributed by atoms with van der Waals surface area (Å²) in [4.78, 5) is 21.5. The summed E-state index contributed by atoms with van der Waals surface area (Å²) in [5.41, 5.74) is 4.41. The van der Waals surface area contributed by atoms with Crippen molar-refractivity contribution in [1.82, 2.24) is 29.9 Å². The molecule has 0 aliphatic rings. The third-order valence-corrected chi connectivity index (χ3v) is 6.07. The SMILES string of the molecule is O=C(CSc1nnc(-c2ccccc2)c(-c2ccccc2)n1)Nc1cc(Cl)ccc1-n1cncn1. The number of amides is 1. The molecule has 0 unspecified atom stereocenters. The highest BCUT2D eigenvalue weighted by Gasteiger charge is 2.15. The van der Waals surface area contributed by atoms with Gasteiger partial charge in [0.2, 0.25) is 11.1 Å². The molecular weight excluding hydrogens is 482 g/mol. The lowest BCUT2D eigenvalue weighted by Gasteiger charge is -2.12. The van der Waals surface area contributed by atoms with Gasteiger partial charge in [-0.3, -0.25) is 4.79 Å². The molecule has 0 saturated carbocycles. The van der Waals surface area contributed by atoms with Crippen LogP contribution < -0.4 is 5.32 Å². The van der Waals surface area contributed by atoms with Crippen LogP contribution in [0.3, 0.4) is 0 Å². The maximum absolute atomic E-state index is 12.8. The highest BCUT2D eigenvalue weighted by atomic mass is 35.5. The molecule has 172 valence electrons. The molecule has 2 heterocycles. The molecule has 5 aromatic rings. The summed E-state index contributed by atoms with van der Waals surface area (Å²) in [5.74, 6) is -0.153. The Labute approximate surface area is 210 Å². The zero-order valence-electron chi connectivity index (χ0n) is 18.2. The maximum atomic E-state index is 12.8. The first-order valence-corrected chi connectivity index (χ1v) is 12.0. The number of nitrogens with one attached hydrogen (secondary N) is 1. The van der Waals surface area contributed by atoms with Crippen LogP contribution >= 0.6 is 23.4 Å². The molecule has 0 saturated heterocycles. The highest BCUT2D eigenvalue weighted by molar-refractivity contribution is 7.99. The largest absolute Gasteiger partial charge is 0.323 e. The van der Waals surface area contributed by atoms with Gasteiger partial charge in [0, 0.05) is 16.1 Å². The average Bonchev–Trinajstić information content (AvgIpc) is 3.43. The summed E-state index contributed by atoms with van der Waals surface area (Å²) >= 11 is 7.35. The summed E-state index contributed by atoms with van der Waals surface area (Å²) in [7, 11) is 0. The molecule has 0 bridgehead atoms. The molecule has 35 heavy (non-hydrogen) atoms. The van der Waals surface area contributed by atoms with E-state index in [-0.39, 0.29) is 11.7 Å². The van der Waals surface area contributed by atoms with Crippen molar-refractivity contribution in [3.8, 4) is 28.2 Å². The van der Waals surface area contributed by atoms with Crippen LogP contribution in [0.2, 0.25) is 5.02 Å². The van der Waals surface area contributed by atoms with Crippen molar-refractivity contribution in [3.05, 3.63) is 96.5 Å². The van der Waals surface area contributed by atoms with Gasteiger partial charge in [-0.25, -0.2) is 14.6 Å². The van der Waals surface area contributed by atoms with E-state index in [0.29, 0.717) is 32.9 Å². The van der Waals surface area contributed by atoms with Gasteiger partial charge in [0.15, 0.2) is 0 Å². The van der Waals surface area contributed by atoms with E-state index in [1.165, 1.54) is 18.1 Å². The minimum absolute atomic E-state index is 0.0872. The molecule has 0 atom stereocenters. The van der Waals surface area contributed by atoms with Crippen LogP contribution in [-0.4, -0.2) is 41.6 Å². The summed E-state index contributed by atoms with van der Waals surface area (Å²) in [6, 6.07) is 24.7. The fraction of sp³-hybridized carbons (Fsp3) is 0.0400. The van der Waals surface area contributed by atoms with Crippen LogP contribution in [0, 0.1) is 0 Å². The molecule has 0 radical (unpaired) electrons. The Hall–Kier alpha value is -4.08. The van der Waals surface area contributed by atoms with Gasteiger partial charge in [0.25, 0.3) is 0 Å². The van der Waals surface area contributed by atoms with Gasteiger partial charge in [-0.2, -0.15) is 5.10 Å². The van der Waals surface area contributed by atoms with Crippen molar-refractivity contribution in [2.45, 2.75) is 5.16 Å². The molecule has 2 aromatic heterocycles. The van der Waals surface area contributed by atoms with Gasteiger partial charge >= 0.3 is 0 Å². The van der Waals surface area contributed by atoms with Gasteiger partial charge in [0.05, 0.1) is 17.1 Å². The standard InChI is InChI=1S/C25H18ClN7OS/c26-19-11-12-21(33-16-27-15-28-33)20(13-19)29-22(34)14-35-25-30-23(17-7-3-1-4-8-17)24(31-32-25)18-9-5-2-6-10-18/h1-13,15-16H,14H2,(H,29,34). The van der Waals surface area contributed by atoms with E-state index in [0.717, 1.165) is 11.1 Å². The first kappa shape index (κ1) is 22.7. The monoisotopic (exact) mass is 499 g/mol. The highest BCUT2D eigenvalue weighted by Crippen LogP contribution is 2.30. The van der Waals surface area contributed by atoms with Crippen LogP contribution in [0.15, 0.2) is 96.7 Å². The van der Waals surface area contributed by atoms with E-state index >= 15 is 0 Å². The predicted molar refractivity (Wildman–Crippen MR) is 136 cm³/mol. The van der Waals surface area contributed by atoms with E-state index in [1.807, 2.05) is 60.7 Å². The number of benzene rings is 3. The van der Waals surface area contributed by atoms with Gasteiger partial charge in [-0.05, 0) is 18.2 Å². The van der Waals surface area contributed by atoms with E-state index in [9.17, 15) is 4.79 Å². The van der Waals surface area contributed by atoms with Crippen molar-refractivity contribution in [1.29, 1.82) is 0 Å². The fourth-order valence-corrected chi connectivity index (χ4v) is 4.18. The Morgan fingerprint density at radius 3 is 2.31 bits per heavy atom. The summed E-state index contributed by atoms with van der Waals surface area (Å²) in [6.07, 6.45) is 2.97. The summed E-state index contributed by atoms with van der Waals surface area (Å²) < 4.78 is 1.56. The lowest BCUT2D eigenvalue weighted by molar-refractivity contribution is -0.113.